The van der Waals surface area contributed by atoms with Crippen LogP contribution in [0, 0.1) is 6.92 Å². The smallest absolute Gasteiger partial charge is 0.179 e. The minimum Gasteiger partial charge on any atom is -0.496 e. The van der Waals surface area contributed by atoms with Gasteiger partial charge in [0.25, 0.3) is 0 Å². The third-order valence-corrected chi connectivity index (χ3v) is 2.17. The zero-order chi connectivity index (χ0) is 10.7. The first-order valence-corrected chi connectivity index (χ1v) is 4.65. The molecule has 5 nitrogen and oxygen atoms in total. The number of nitrogens with one attached hydrogen (secondary N) is 1. The summed E-state index contributed by atoms with van der Waals surface area (Å²) < 4.78 is 5.26. The van der Waals surface area contributed by atoms with Crippen LogP contribution in [0.1, 0.15) is 17.0 Å². The molecular weight excluding hydrogens is 192 g/mol. The van der Waals surface area contributed by atoms with E-state index in [2.05, 4.69) is 26.7 Å². The van der Waals surface area contributed by atoms with E-state index < -0.39 is 0 Å². The monoisotopic (exact) mass is 204 g/mol. The third-order valence-electron chi connectivity index (χ3n) is 2.17. The first-order valence-electron chi connectivity index (χ1n) is 4.65. The van der Waals surface area contributed by atoms with Crippen molar-refractivity contribution in [2.75, 3.05) is 7.11 Å². The van der Waals surface area contributed by atoms with Crippen molar-refractivity contribution in [2.24, 2.45) is 0 Å². The predicted molar refractivity (Wildman–Crippen MR) is 54.7 cm³/mol. The molecule has 0 fully saturated rings. The average Bonchev–Trinajstić information content (AvgIpc) is 2.71. The van der Waals surface area contributed by atoms with E-state index in [0.717, 1.165) is 11.3 Å². The number of hydrogen-bond acceptors (Lipinski definition) is 4. The van der Waals surface area contributed by atoms with Gasteiger partial charge in [-0.1, -0.05) is 22.9 Å². The van der Waals surface area contributed by atoms with Crippen molar-refractivity contribution < 1.29 is 4.74 Å². The lowest BCUT2D eigenvalue weighted by atomic mass is 10.1. The van der Waals surface area contributed by atoms with Gasteiger partial charge in [-0.2, -0.15) is 5.21 Å². The van der Waals surface area contributed by atoms with Crippen molar-refractivity contribution in [3.05, 3.63) is 35.2 Å². The summed E-state index contributed by atoms with van der Waals surface area (Å²) in [5.41, 5.74) is 2.26. The molecule has 2 rings (SSSR count). The Kier molecular flexibility index (Phi) is 2.62. The zero-order valence-electron chi connectivity index (χ0n) is 8.69. The fourth-order valence-corrected chi connectivity index (χ4v) is 1.47. The van der Waals surface area contributed by atoms with Gasteiger partial charge >= 0.3 is 0 Å². The van der Waals surface area contributed by atoms with Crippen LogP contribution in [0.3, 0.4) is 0 Å². The van der Waals surface area contributed by atoms with E-state index in [1.54, 1.807) is 7.11 Å². The van der Waals surface area contributed by atoms with Crippen LogP contribution in [-0.4, -0.2) is 27.7 Å². The number of benzene rings is 1. The van der Waals surface area contributed by atoms with E-state index in [1.807, 2.05) is 19.1 Å². The van der Waals surface area contributed by atoms with Gasteiger partial charge in [-0.3, -0.25) is 0 Å². The summed E-state index contributed by atoms with van der Waals surface area (Å²) in [5.74, 6) is 1.52. The highest BCUT2D eigenvalue weighted by Gasteiger charge is 2.06. The van der Waals surface area contributed by atoms with Crippen molar-refractivity contribution >= 4 is 0 Å². The second kappa shape index (κ2) is 4.08. The maximum atomic E-state index is 5.26. The molecule has 0 atom stereocenters. The Morgan fingerprint density at radius 2 is 2.27 bits per heavy atom. The molecule has 0 radical (unpaired) electrons. The summed E-state index contributed by atoms with van der Waals surface area (Å²) in [6, 6.07) is 6.03. The molecule has 0 unspecified atom stereocenters. The minimum atomic E-state index is 0.626. The Balaban J connectivity index is 2.30. The van der Waals surface area contributed by atoms with Crippen molar-refractivity contribution in [3.63, 3.8) is 0 Å². The molecule has 78 valence electrons. The van der Waals surface area contributed by atoms with E-state index in [1.165, 1.54) is 5.56 Å². The number of ether oxygens (including phenoxy) is 1. The van der Waals surface area contributed by atoms with Crippen LogP contribution in [0.4, 0.5) is 0 Å². The molecule has 0 saturated heterocycles. The summed E-state index contributed by atoms with van der Waals surface area (Å²) in [6.07, 6.45) is 0.626. The average molecular weight is 204 g/mol. The van der Waals surface area contributed by atoms with Crippen LogP contribution in [0.2, 0.25) is 0 Å². The Morgan fingerprint density at radius 1 is 1.40 bits per heavy atom. The highest BCUT2D eigenvalue weighted by molar-refractivity contribution is 5.38. The summed E-state index contributed by atoms with van der Waals surface area (Å²) >= 11 is 0. The van der Waals surface area contributed by atoms with Crippen LogP contribution in [0.15, 0.2) is 18.2 Å². The van der Waals surface area contributed by atoms with Gasteiger partial charge in [-0.15, -0.1) is 10.2 Å². The van der Waals surface area contributed by atoms with Crippen LogP contribution < -0.4 is 4.74 Å². The lowest BCUT2D eigenvalue weighted by molar-refractivity contribution is 0.410. The number of tetrazole rings is 1. The van der Waals surface area contributed by atoms with Gasteiger partial charge in [0.2, 0.25) is 0 Å². The van der Waals surface area contributed by atoms with Gasteiger partial charge in [-0.05, 0) is 13.0 Å². The third kappa shape index (κ3) is 2.12. The molecule has 2 aromatic rings. The number of H-pyrrole nitrogens is 1. The number of aryl methyl sites for hydroxylation is 1. The van der Waals surface area contributed by atoms with E-state index >= 15 is 0 Å². The normalized spacial score (nSPS) is 10.3. The van der Waals surface area contributed by atoms with E-state index in [9.17, 15) is 0 Å². The Labute approximate surface area is 87.5 Å². The van der Waals surface area contributed by atoms with Gasteiger partial charge in [0, 0.05) is 12.0 Å². The topological polar surface area (TPSA) is 63.7 Å². The molecule has 0 saturated carbocycles. The molecule has 0 amide bonds. The van der Waals surface area contributed by atoms with Crippen molar-refractivity contribution in [1.29, 1.82) is 0 Å². The maximum absolute atomic E-state index is 5.26. The van der Waals surface area contributed by atoms with Gasteiger partial charge < -0.3 is 4.74 Å². The number of rotatable bonds is 3. The molecule has 5 heteroatoms. The van der Waals surface area contributed by atoms with Crippen LogP contribution >= 0.6 is 0 Å². The molecule has 0 bridgehead atoms. The summed E-state index contributed by atoms with van der Waals surface area (Å²) in [6.45, 7) is 2.04. The minimum absolute atomic E-state index is 0.626. The van der Waals surface area contributed by atoms with Crippen LogP contribution in [0.25, 0.3) is 0 Å². The van der Waals surface area contributed by atoms with Crippen molar-refractivity contribution in [2.45, 2.75) is 13.3 Å². The molecule has 1 heterocycles. The number of nitrogens with zero attached hydrogens (tertiary/aromatic N) is 3. The van der Waals surface area contributed by atoms with Crippen LogP contribution in [-0.2, 0) is 6.42 Å². The number of aromatic nitrogens is 4. The molecule has 0 aliphatic heterocycles. The summed E-state index contributed by atoms with van der Waals surface area (Å²) in [7, 11) is 1.66. The highest BCUT2D eigenvalue weighted by Crippen LogP contribution is 2.21. The van der Waals surface area contributed by atoms with Crippen molar-refractivity contribution in [3.8, 4) is 5.75 Å². The lowest BCUT2D eigenvalue weighted by Crippen LogP contribution is -1.96. The number of hydrogen-bond donors (Lipinski definition) is 1. The van der Waals surface area contributed by atoms with Gasteiger partial charge in [0.05, 0.1) is 7.11 Å². The zero-order valence-corrected chi connectivity index (χ0v) is 8.69. The molecule has 0 aliphatic carbocycles. The predicted octanol–water partition coefficient (Wildman–Crippen LogP) is 1.11. The number of aromatic amines is 1. The molecule has 0 aliphatic rings. The Bertz CT molecular complexity index is 439. The Morgan fingerprint density at radius 3 is 2.93 bits per heavy atom. The second-order valence-corrected chi connectivity index (χ2v) is 3.32. The molecule has 1 N–H and O–H groups in total. The maximum Gasteiger partial charge on any atom is 0.179 e. The van der Waals surface area contributed by atoms with E-state index in [0.29, 0.717) is 12.2 Å². The SMILES string of the molecule is COc1ccc(C)cc1Cc1nn[nH]n1. The molecule has 1 aromatic carbocycles. The standard InChI is InChI=1S/C10H12N4O/c1-7-3-4-9(15-2)8(5-7)6-10-11-13-14-12-10/h3-5H,6H2,1-2H3,(H,11,12,13,14). The quantitative estimate of drug-likeness (QED) is 0.813. The lowest BCUT2D eigenvalue weighted by Gasteiger charge is -2.07. The largest absolute Gasteiger partial charge is 0.496 e. The van der Waals surface area contributed by atoms with Crippen molar-refractivity contribution in [1.82, 2.24) is 20.6 Å². The Hall–Kier alpha value is -1.91. The van der Waals surface area contributed by atoms with E-state index in [-0.39, 0.29) is 0 Å². The molecule has 15 heavy (non-hydrogen) atoms. The molecule has 0 spiro atoms. The first-order chi connectivity index (χ1) is 7.29. The van der Waals surface area contributed by atoms with Gasteiger partial charge in [0.1, 0.15) is 5.75 Å². The van der Waals surface area contributed by atoms with Gasteiger partial charge in [0.15, 0.2) is 5.82 Å². The highest BCUT2D eigenvalue weighted by atomic mass is 16.5. The summed E-state index contributed by atoms with van der Waals surface area (Å²) in [5, 5.41) is 13.8. The fourth-order valence-electron chi connectivity index (χ4n) is 1.47. The first kappa shape index (κ1) is 9.64. The summed E-state index contributed by atoms with van der Waals surface area (Å²) in [4.78, 5) is 0. The molecule has 1 aromatic heterocycles. The van der Waals surface area contributed by atoms with E-state index in [4.69, 9.17) is 4.74 Å². The second-order valence-electron chi connectivity index (χ2n) is 3.32. The number of methoxy groups -OCH3 is 1. The molecular formula is C10H12N4O. The fraction of sp³-hybridized carbons (Fsp3) is 0.300. The van der Waals surface area contributed by atoms with Gasteiger partial charge in [-0.25, -0.2) is 0 Å². The van der Waals surface area contributed by atoms with Crippen LogP contribution in [0.5, 0.6) is 5.75 Å².